The molecule has 1 amide bonds. The number of aryl methyl sites for hydroxylation is 2. The summed E-state index contributed by atoms with van der Waals surface area (Å²) in [5.41, 5.74) is 4.06. The fourth-order valence-electron chi connectivity index (χ4n) is 3.77. The minimum absolute atomic E-state index is 0. The molecule has 28 heavy (non-hydrogen) atoms. The molecule has 1 aromatic carbocycles. The highest BCUT2D eigenvalue weighted by atomic mass is 35.5. The number of nitrogens with zero attached hydrogens (tertiary/aromatic N) is 3. The zero-order chi connectivity index (χ0) is 18.8. The van der Waals surface area contributed by atoms with Gasteiger partial charge in [-0.3, -0.25) is 9.48 Å². The number of aromatic nitrogens is 2. The third-order valence-electron chi connectivity index (χ3n) is 5.35. The Morgan fingerprint density at radius 1 is 1.36 bits per heavy atom. The number of piperazine rings is 1. The predicted octanol–water partition coefficient (Wildman–Crippen LogP) is 3.37. The molecule has 1 fully saturated rings. The molecule has 0 spiro atoms. The normalized spacial score (nSPS) is 17.5. The quantitative estimate of drug-likeness (QED) is 0.808. The number of hydrogen-bond acceptors (Lipinski definition) is 3. The maximum atomic E-state index is 13.7. The molecule has 2 heterocycles. The van der Waals surface area contributed by atoms with Crippen LogP contribution in [0.15, 0.2) is 24.3 Å². The largest absolute Gasteiger partial charge is 0.333 e. The van der Waals surface area contributed by atoms with Crippen molar-refractivity contribution in [1.29, 1.82) is 0 Å². The van der Waals surface area contributed by atoms with E-state index in [-0.39, 0.29) is 48.5 Å². The molecule has 156 valence electrons. The average Bonchev–Trinajstić information content (AvgIpc) is 2.87. The molecule has 0 saturated carbocycles. The Morgan fingerprint density at radius 2 is 2.07 bits per heavy atom. The highest BCUT2D eigenvalue weighted by Gasteiger charge is 2.31. The number of halogens is 3. The molecule has 1 saturated heterocycles. The van der Waals surface area contributed by atoms with Crippen molar-refractivity contribution >= 4 is 30.7 Å². The molecule has 0 radical (unpaired) electrons. The molecule has 2 unspecified atom stereocenters. The predicted molar refractivity (Wildman–Crippen MR) is 114 cm³/mol. The highest BCUT2D eigenvalue weighted by molar-refractivity contribution is 5.85. The second kappa shape index (κ2) is 10.2. The first kappa shape index (κ1) is 24.4. The average molecular weight is 431 g/mol. The summed E-state index contributed by atoms with van der Waals surface area (Å²) in [5.74, 6) is -0.302. The van der Waals surface area contributed by atoms with Gasteiger partial charge in [0.2, 0.25) is 5.91 Å². The molecule has 1 aliphatic heterocycles. The fourth-order valence-corrected chi connectivity index (χ4v) is 3.77. The molecule has 2 atom stereocenters. The van der Waals surface area contributed by atoms with Gasteiger partial charge in [0.05, 0.1) is 11.7 Å². The van der Waals surface area contributed by atoms with Gasteiger partial charge in [-0.15, -0.1) is 24.8 Å². The molecule has 1 aromatic heterocycles. The van der Waals surface area contributed by atoms with Crippen molar-refractivity contribution < 1.29 is 9.18 Å². The Balaban J connectivity index is 0.00000196. The molecule has 3 rings (SSSR count). The van der Waals surface area contributed by atoms with Gasteiger partial charge in [0.25, 0.3) is 0 Å². The van der Waals surface area contributed by atoms with Gasteiger partial charge < -0.3 is 10.2 Å². The Hall–Kier alpha value is -1.63. The van der Waals surface area contributed by atoms with Crippen molar-refractivity contribution in [2.24, 2.45) is 13.0 Å². The second-order valence-corrected chi connectivity index (χ2v) is 7.18. The Bertz CT molecular complexity index is 811. The lowest BCUT2D eigenvalue weighted by molar-refractivity contribution is -0.138. The summed E-state index contributed by atoms with van der Waals surface area (Å²) in [6, 6.07) is 6.42. The van der Waals surface area contributed by atoms with E-state index in [1.807, 2.05) is 43.5 Å². The van der Waals surface area contributed by atoms with Crippen LogP contribution in [0.1, 0.15) is 35.5 Å². The summed E-state index contributed by atoms with van der Waals surface area (Å²) >= 11 is 0. The van der Waals surface area contributed by atoms with E-state index in [1.165, 1.54) is 12.1 Å². The molecule has 0 bridgehead atoms. The molecular weight excluding hydrogens is 402 g/mol. The molecular formula is C20H29Cl2FN4O. The summed E-state index contributed by atoms with van der Waals surface area (Å²) in [4.78, 5) is 15.1. The van der Waals surface area contributed by atoms with Gasteiger partial charge in [-0.1, -0.05) is 19.1 Å². The first-order valence-electron chi connectivity index (χ1n) is 9.14. The van der Waals surface area contributed by atoms with Crippen LogP contribution < -0.4 is 5.32 Å². The van der Waals surface area contributed by atoms with Gasteiger partial charge in [-0.2, -0.15) is 5.10 Å². The first-order chi connectivity index (χ1) is 12.4. The van der Waals surface area contributed by atoms with Gasteiger partial charge in [0.15, 0.2) is 0 Å². The van der Waals surface area contributed by atoms with Crippen molar-refractivity contribution in [3.05, 3.63) is 52.6 Å². The van der Waals surface area contributed by atoms with Crippen LogP contribution in [-0.2, 0) is 18.3 Å². The minimum Gasteiger partial charge on any atom is -0.333 e. The monoisotopic (exact) mass is 430 g/mol. The van der Waals surface area contributed by atoms with Crippen LogP contribution in [0.3, 0.4) is 0 Å². The van der Waals surface area contributed by atoms with E-state index in [1.54, 1.807) is 6.07 Å². The summed E-state index contributed by atoms with van der Waals surface area (Å²) in [6.45, 7) is 8.03. The van der Waals surface area contributed by atoms with Crippen LogP contribution >= 0.6 is 24.8 Å². The van der Waals surface area contributed by atoms with Gasteiger partial charge in [0.1, 0.15) is 5.82 Å². The van der Waals surface area contributed by atoms with Crippen molar-refractivity contribution in [2.45, 2.75) is 33.2 Å². The summed E-state index contributed by atoms with van der Waals surface area (Å²) in [7, 11) is 1.93. The lowest BCUT2D eigenvalue weighted by Crippen LogP contribution is -2.50. The molecule has 8 heteroatoms. The van der Waals surface area contributed by atoms with E-state index in [0.29, 0.717) is 19.5 Å². The molecule has 1 aliphatic rings. The zero-order valence-corrected chi connectivity index (χ0v) is 18.4. The number of nitrogens with one attached hydrogen (secondary N) is 1. The van der Waals surface area contributed by atoms with E-state index in [4.69, 9.17) is 0 Å². The third kappa shape index (κ3) is 5.04. The van der Waals surface area contributed by atoms with Gasteiger partial charge in [0, 0.05) is 38.3 Å². The van der Waals surface area contributed by atoms with Crippen LogP contribution in [-0.4, -0.2) is 40.2 Å². The molecule has 5 nitrogen and oxygen atoms in total. The summed E-state index contributed by atoms with van der Waals surface area (Å²) in [6.07, 6.45) is 0.671. The highest BCUT2D eigenvalue weighted by Crippen LogP contribution is 2.26. The summed E-state index contributed by atoms with van der Waals surface area (Å²) in [5, 5.41) is 7.77. The van der Waals surface area contributed by atoms with Crippen LogP contribution in [0.5, 0.6) is 0 Å². The Morgan fingerprint density at radius 3 is 2.68 bits per heavy atom. The first-order valence-corrected chi connectivity index (χ1v) is 9.14. The van der Waals surface area contributed by atoms with E-state index < -0.39 is 0 Å². The molecule has 2 aromatic rings. The van der Waals surface area contributed by atoms with E-state index in [2.05, 4.69) is 10.4 Å². The smallest absolute Gasteiger partial charge is 0.226 e. The SMILES string of the molecule is Cc1nn(C)c(C)c1CC(C)C(=O)N1CCNCC1c1cccc(F)c1.Cl.Cl. The third-order valence-corrected chi connectivity index (χ3v) is 5.35. The van der Waals surface area contributed by atoms with E-state index in [0.717, 1.165) is 29.1 Å². The zero-order valence-electron chi connectivity index (χ0n) is 16.7. The molecule has 1 N–H and O–H groups in total. The number of hydrogen-bond donors (Lipinski definition) is 1. The topological polar surface area (TPSA) is 50.2 Å². The van der Waals surface area contributed by atoms with E-state index >= 15 is 0 Å². The van der Waals surface area contributed by atoms with Crippen molar-refractivity contribution in [2.75, 3.05) is 19.6 Å². The minimum atomic E-state index is -0.268. The van der Waals surface area contributed by atoms with E-state index in [9.17, 15) is 9.18 Å². The van der Waals surface area contributed by atoms with Gasteiger partial charge in [-0.05, 0) is 43.5 Å². The number of amides is 1. The lowest BCUT2D eigenvalue weighted by atomic mass is 9.95. The van der Waals surface area contributed by atoms with Crippen LogP contribution in [0, 0.1) is 25.6 Å². The van der Waals surface area contributed by atoms with Crippen molar-refractivity contribution in [3.63, 3.8) is 0 Å². The number of benzene rings is 1. The second-order valence-electron chi connectivity index (χ2n) is 7.18. The molecule has 0 aliphatic carbocycles. The standard InChI is InChI=1S/C20H27FN4O.2ClH/c1-13(10-18-14(2)23-24(4)15(18)3)20(26)25-9-8-22-12-19(25)16-6-5-7-17(21)11-16;;/h5-7,11,13,19,22H,8-10,12H2,1-4H3;2*1H. The Kier molecular flexibility index (Phi) is 8.92. The van der Waals surface area contributed by atoms with Crippen LogP contribution in [0.4, 0.5) is 4.39 Å². The summed E-state index contributed by atoms with van der Waals surface area (Å²) < 4.78 is 15.5. The number of carbonyl (C=O) groups excluding carboxylic acids is 1. The number of rotatable bonds is 4. The maximum Gasteiger partial charge on any atom is 0.226 e. The van der Waals surface area contributed by atoms with Crippen molar-refractivity contribution in [1.82, 2.24) is 20.0 Å². The fraction of sp³-hybridized carbons (Fsp3) is 0.500. The van der Waals surface area contributed by atoms with Crippen molar-refractivity contribution in [3.8, 4) is 0 Å². The van der Waals surface area contributed by atoms with Gasteiger partial charge in [-0.25, -0.2) is 4.39 Å². The van der Waals surface area contributed by atoms with Crippen LogP contribution in [0.25, 0.3) is 0 Å². The van der Waals surface area contributed by atoms with Gasteiger partial charge >= 0.3 is 0 Å². The Labute approximate surface area is 178 Å². The van der Waals surface area contributed by atoms with Crippen LogP contribution in [0.2, 0.25) is 0 Å². The maximum absolute atomic E-state index is 13.7. The number of carbonyl (C=O) groups is 1. The lowest BCUT2D eigenvalue weighted by Gasteiger charge is -2.38.